The second-order valence-corrected chi connectivity index (χ2v) is 16.1. The predicted octanol–water partition coefficient (Wildman–Crippen LogP) is 10.7. The Labute approximate surface area is 311 Å². The fourth-order valence-corrected chi connectivity index (χ4v) is 8.30. The van der Waals surface area contributed by atoms with Crippen LogP contribution in [0.1, 0.15) is 181 Å². The minimum atomic E-state index is -1.77. The molecule has 0 aliphatic heterocycles. The Kier molecular flexibility index (Phi) is 15.8. The third kappa shape index (κ3) is 11.7. The molecule has 2 aliphatic rings. The quantitative estimate of drug-likeness (QED) is 0.109. The maximum atomic E-state index is 13.5. The Morgan fingerprint density at radius 1 is 0.635 bits per heavy atom. The van der Waals surface area contributed by atoms with Crippen molar-refractivity contribution in [3.05, 3.63) is 70.8 Å². The number of ether oxygens (including phenoxy) is 2. The molecule has 2 N–H and O–H groups in total. The van der Waals surface area contributed by atoms with E-state index < -0.39 is 47.9 Å². The van der Waals surface area contributed by atoms with Gasteiger partial charge in [0.05, 0.1) is 17.5 Å². The van der Waals surface area contributed by atoms with Gasteiger partial charge in [0.2, 0.25) is 0 Å². The molecule has 0 amide bonds. The van der Waals surface area contributed by atoms with Crippen molar-refractivity contribution in [3.63, 3.8) is 0 Å². The molecule has 0 radical (unpaired) electrons. The molecule has 2 fully saturated rings. The number of aliphatic carboxylic acids is 2. The fourth-order valence-electron chi connectivity index (χ4n) is 8.30. The van der Waals surface area contributed by atoms with Crippen molar-refractivity contribution in [2.45, 2.75) is 161 Å². The van der Waals surface area contributed by atoms with Gasteiger partial charge in [0, 0.05) is 0 Å². The largest absolute Gasteiger partial charge is 0.481 e. The Balaban J connectivity index is 1.41. The number of unbranched alkanes of at least 4 members (excludes halogenated alkanes) is 4. The van der Waals surface area contributed by atoms with Crippen LogP contribution in [-0.2, 0) is 19.1 Å². The van der Waals surface area contributed by atoms with Gasteiger partial charge in [-0.05, 0) is 124 Å². The normalized spacial score (nSPS) is 21.8. The fraction of sp³-hybridized carbons (Fsp3) is 0.636. The van der Waals surface area contributed by atoms with Crippen LogP contribution in [0.3, 0.4) is 0 Å². The molecule has 2 aliphatic carbocycles. The Bertz CT molecular complexity index is 1430. The SMILES string of the molecule is CCCCC[C@H]1CC[C@H](c2ccc(C(=O)O[C@H](CC(=O)O)[C@H](OC(=O)c3ccc([C@H]4CC[C@H](CCCCC)CC4)cc3)C(C)(C)C(=O)O)cc2)CC1. The highest BCUT2D eigenvalue weighted by molar-refractivity contribution is 5.91. The number of carboxylic acid groups (broad SMARTS) is 2. The molecular weight excluding hydrogens is 656 g/mol. The van der Waals surface area contributed by atoms with Gasteiger partial charge in [0.1, 0.15) is 5.41 Å². The van der Waals surface area contributed by atoms with E-state index in [1.807, 2.05) is 24.3 Å². The van der Waals surface area contributed by atoms with Crippen molar-refractivity contribution in [1.82, 2.24) is 0 Å². The lowest BCUT2D eigenvalue weighted by Gasteiger charge is -2.35. The molecule has 0 unspecified atom stereocenters. The number of carboxylic acids is 2. The Hall–Kier alpha value is -3.68. The number of esters is 2. The first-order valence-electron chi connectivity index (χ1n) is 20.0. The molecule has 8 heteroatoms. The van der Waals surface area contributed by atoms with Crippen LogP contribution in [0.15, 0.2) is 48.5 Å². The molecule has 2 atom stereocenters. The zero-order chi connectivity index (χ0) is 37.7. The van der Waals surface area contributed by atoms with Crippen LogP contribution in [0.2, 0.25) is 0 Å². The van der Waals surface area contributed by atoms with Crippen LogP contribution in [0.5, 0.6) is 0 Å². The molecule has 0 bridgehead atoms. The van der Waals surface area contributed by atoms with Gasteiger partial charge in [-0.2, -0.15) is 0 Å². The average molecular weight is 719 g/mol. The van der Waals surface area contributed by atoms with E-state index in [-0.39, 0.29) is 11.1 Å². The van der Waals surface area contributed by atoms with Gasteiger partial charge in [-0.3, -0.25) is 9.59 Å². The van der Waals surface area contributed by atoms with Gasteiger partial charge in [-0.1, -0.05) is 89.5 Å². The summed E-state index contributed by atoms with van der Waals surface area (Å²) in [5.41, 5.74) is 0.978. The monoisotopic (exact) mass is 718 g/mol. The van der Waals surface area contributed by atoms with E-state index in [9.17, 15) is 29.4 Å². The van der Waals surface area contributed by atoms with Crippen LogP contribution in [0.4, 0.5) is 0 Å². The highest BCUT2D eigenvalue weighted by Crippen LogP contribution is 2.39. The van der Waals surface area contributed by atoms with Crippen molar-refractivity contribution in [2.24, 2.45) is 17.3 Å². The lowest BCUT2D eigenvalue weighted by molar-refractivity contribution is -0.163. The van der Waals surface area contributed by atoms with Crippen molar-refractivity contribution in [2.75, 3.05) is 0 Å². The van der Waals surface area contributed by atoms with E-state index in [1.54, 1.807) is 24.3 Å². The summed E-state index contributed by atoms with van der Waals surface area (Å²) in [5, 5.41) is 19.9. The number of rotatable bonds is 19. The molecule has 0 spiro atoms. The molecule has 52 heavy (non-hydrogen) atoms. The maximum absolute atomic E-state index is 13.5. The van der Waals surface area contributed by atoms with Gasteiger partial charge in [0.25, 0.3) is 0 Å². The summed E-state index contributed by atoms with van der Waals surface area (Å²) >= 11 is 0. The van der Waals surface area contributed by atoms with Crippen LogP contribution in [-0.4, -0.2) is 46.3 Å². The first-order valence-corrected chi connectivity index (χ1v) is 20.0. The second-order valence-electron chi connectivity index (χ2n) is 16.1. The van der Waals surface area contributed by atoms with E-state index in [0.717, 1.165) is 48.6 Å². The Morgan fingerprint density at radius 2 is 1.04 bits per heavy atom. The summed E-state index contributed by atoms with van der Waals surface area (Å²) in [6, 6.07) is 14.4. The van der Waals surface area contributed by atoms with E-state index in [0.29, 0.717) is 11.8 Å². The number of hydrogen-bond acceptors (Lipinski definition) is 6. The zero-order valence-electron chi connectivity index (χ0n) is 31.9. The highest BCUT2D eigenvalue weighted by atomic mass is 16.6. The van der Waals surface area contributed by atoms with Crippen molar-refractivity contribution < 1.29 is 38.9 Å². The third-order valence-corrected chi connectivity index (χ3v) is 11.8. The molecule has 0 saturated heterocycles. The third-order valence-electron chi connectivity index (χ3n) is 11.8. The van der Waals surface area contributed by atoms with Crippen LogP contribution >= 0.6 is 0 Å². The smallest absolute Gasteiger partial charge is 0.338 e. The minimum Gasteiger partial charge on any atom is -0.481 e. The molecule has 2 saturated carbocycles. The van der Waals surface area contributed by atoms with Gasteiger partial charge >= 0.3 is 23.9 Å². The molecule has 4 rings (SSSR count). The highest BCUT2D eigenvalue weighted by Gasteiger charge is 2.47. The van der Waals surface area contributed by atoms with E-state index in [1.165, 1.54) is 90.9 Å². The molecule has 0 aromatic heterocycles. The summed E-state index contributed by atoms with van der Waals surface area (Å²) in [7, 11) is 0. The lowest BCUT2D eigenvalue weighted by atomic mass is 9.77. The summed E-state index contributed by atoms with van der Waals surface area (Å²) in [6.45, 7) is 7.13. The number of hydrogen-bond donors (Lipinski definition) is 2. The van der Waals surface area contributed by atoms with Gasteiger partial charge in [-0.25, -0.2) is 9.59 Å². The van der Waals surface area contributed by atoms with E-state index in [4.69, 9.17) is 9.47 Å². The summed E-state index contributed by atoms with van der Waals surface area (Å²) in [5.74, 6) is -1.81. The summed E-state index contributed by atoms with van der Waals surface area (Å²) in [6.07, 6.45) is 15.6. The average Bonchev–Trinajstić information content (AvgIpc) is 3.14. The van der Waals surface area contributed by atoms with Crippen LogP contribution < -0.4 is 0 Å². The Morgan fingerprint density at radius 3 is 1.40 bits per heavy atom. The van der Waals surface area contributed by atoms with Gasteiger partial charge in [-0.15, -0.1) is 0 Å². The molecule has 2 aromatic carbocycles. The first kappa shape index (κ1) is 41.1. The molecule has 2 aromatic rings. The summed E-state index contributed by atoms with van der Waals surface area (Å²) < 4.78 is 11.5. The number of carbonyl (C=O) groups is 4. The minimum absolute atomic E-state index is 0.217. The first-order chi connectivity index (χ1) is 24.9. The number of benzene rings is 2. The number of carbonyl (C=O) groups excluding carboxylic acids is 2. The molecule has 8 nitrogen and oxygen atoms in total. The predicted molar refractivity (Wildman–Crippen MR) is 203 cm³/mol. The lowest BCUT2D eigenvalue weighted by Crippen LogP contribution is -2.49. The molecular formula is C44H62O8. The van der Waals surface area contributed by atoms with E-state index in [2.05, 4.69) is 13.8 Å². The van der Waals surface area contributed by atoms with Crippen molar-refractivity contribution in [1.29, 1.82) is 0 Å². The second kappa shape index (κ2) is 20.0. The van der Waals surface area contributed by atoms with Crippen molar-refractivity contribution >= 4 is 23.9 Å². The topological polar surface area (TPSA) is 127 Å². The van der Waals surface area contributed by atoms with Crippen LogP contribution in [0.25, 0.3) is 0 Å². The molecule has 286 valence electrons. The summed E-state index contributed by atoms with van der Waals surface area (Å²) in [4.78, 5) is 51.3. The van der Waals surface area contributed by atoms with Crippen molar-refractivity contribution in [3.8, 4) is 0 Å². The zero-order valence-corrected chi connectivity index (χ0v) is 31.9. The standard InChI is InChI=1S/C44H62O8/c1-5-7-9-11-30-13-17-32(18-14-30)34-21-25-36(26-22-34)41(47)51-38(29-39(45)46)40(44(3,4)43(49)50)52-42(48)37-27-23-35(24-28-37)33-19-15-31(16-20-33)12-10-8-6-2/h21-28,30-33,38,40H,5-20,29H2,1-4H3,(H,45,46)(H,49,50)/t30-,31-,32-,33-,38-,40+/m1/s1. The maximum Gasteiger partial charge on any atom is 0.338 e. The van der Waals surface area contributed by atoms with Gasteiger partial charge in [0.15, 0.2) is 12.2 Å². The molecule has 0 heterocycles. The van der Waals surface area contributed by atoms with Gasteiger partial charge < -0.3 is 19.7 Å². The van der Waals surface area contributed by atoms with E-state index >= 15 is 0 Å². The van der Waals surface area contributed by atoms with Crippen LogP contribution in [0, 0.1) is 17.3 Å².